The summed E-state index contributed by atoms with van der Waals surface area (Å²) in [5.41, 5.74) is 2.53. The number of nitrogens with zero attached hydrogens (tertiary/aromatic N) is 1. The Bertz CT molecular complexity index is 726. The number of carbonyl (C=O) groups excluding carboxylic acids is 1. The van der Waals surface area contributed by atoms with Gasteiger partial charge in [0.15, 0.2) is 11.5 Å². The van der Waals surface area contributed by atoms with Crippen LogP contribution in [-0.2, 0) is 4.79 Å². The van der Waals surface area contributed by atoms with Crippen LogP contribution in [0.4, 0.5) is 5.69 Å². The summed E-state index contributed by atoms with van der Waals surface area (Å²) in [6, 6.07) is 7.43. The quantitative estimate of drug-likeness (QED) is 0.785. The van der Waals surface area contributed by atoms with E-state index in [4.69, 9.17) is 9.47 Å². The Morgan fingerprint density at radius 1 is 1.17 bits per heavy atom. The van der Waals surface area contributed by atoms with Crippen molar-refractivity contribution in [3.63, 3.8) is 0 Å². The molecule has 0 spiro atoms. The summed E-state index contributed by atoms with van der Waals surface area (Å²) in [5, 5.41) is 2.81. The van der Waals surface area contributed by atoms with Crippen molar-refractivity contribution in [2.24, 2.45) is 0 Å². The Labute approximate surface area is 142 Å². The summed E-state index contributed by atoms with van der Waals surface area (Å²) >= 11 is 0. The molecule has 2 rings (SSSR count). The molecule has 1 amide bonds. The smallest absolute Gasteiger partial charge is 0.248 e. The fraction of sp³-hybridized carbons (Fsp3) is 0.263. The molecule has 5 nitrogen and oxygen atoms in total. The van der Waals surface area contributed by atoms with E-state index in [0.717, 1.165) is 11.1 Å². The van der Waals surface area contributed by atoms with E-state index < -0.39 is 0 Å². The number of hydrogen-bond donors (Lipinski definition) is 1. The van der Waals surface area contributed by atoms with Crippen molar-refractivity contribution in [3.8, 4) is 11.5 Å². The molecule has 0 atom stereocenters. The van der Waals surface area contributed by atoms with Gasteiger partial charge in [0.25, 0.3) is 0 Å². The highest BCUT2D eigenvalue weighted by Crippen LogP contribution is 2.29. The van der Waals surface area contributed by atoms with E-state index >= 15 is 0 Å². The van der Waals surface area contributed by atoms with Crippen LogP contribution >= 0.6 is 0 Å². The standard InChI is InChI=1S/C19H22N2O3/c1-4-23-17-8-6-15(12-18(17)24-5-2)7-9-19(22)21-16-13-20-11-10-14(16)3/h6-13H,4-5H2,1-3H3,(H,21,22)/b9-7+. The number of amides is 1. The number of nitrogens with one attached hydrogen (secondary N) is 1. The third-order valence-corrected chi connectivity index (χ3v) is 3.29. The van der Waals surface area contributed by atoms with Crippen molar-refractivity contribution in [3.05, 3.63) is 53.9 Å². The minimum atomic E-state index is -0.210. The Morgan fingerprint density at radius 2 is 1.92 bits per heavy atom. The van der Waals surface area contributed by atoms with Crippen LogP contribution in [0.25, 0.3) is 6.08 Å². The average Bonchev–Trinajstić information content (AvgIpc) is 2.57. The van der Waals surface area contributed by atoms with Crippen molar-refractivity contribution >= 4 is 17.7 Å². The number of anilines is 1. The molecular weight excluding hydrogens is 304 g/mol. The maximum Gasteiger partial charge on any atom is 0.248 e. The molecule has 0 unspecified atom stereocenters. The lowest BCUT2D eigenvalue weighted by Crippen LogP contribution is -2.09. The lowest BCUT2D eigenvalue weighted by atomic mass is 10.2. The highest BCUT2D eigenvalue weighted by Gasteiger charge is 2.05. The van der Waals surface area contributed by atoms with Gasteiger partial charge in [-0.05, 0) is 56.2 Å². The summed E-state index contributed by atoms with van der Waals surface area (Å²) in [6.45, 7) is 6.88. The van der Waals surface area contributed by atoms with E-state index in [2.05, 4.69) is 10.3 Å². The Balaban J connectivity index is 2.09. The number of carbonyl (C=O) groups is 1. The molecule has 0 aliphatic carbocycles. The number of pyridine rings is 1. The van der Waals surface area contributed by atoms with Crippen molar-refractivity contribution in [1.29, 1.82) is 0 Å². The molecule has 0 saturated heterocycles. The van der Waals surface area contributed by atoms with Crippen molar-refractivity contribution in [2.75, 3.05) is 18.5 Å². The summed E-state index contributed by atoms with van der Waals surface area (Å²) in [4.78, 5) is 16.0. The molecule has 126 valence electrons. The van der Waals surface area contributed by atoms with Gasteiger partial charge in [0.1, 0.15) is 0 Å². The first kappa shape index (κ1) is 17.5. The number of hydrogen-bond acceptors (Lipinski definition) is 4. The number of benzene rings is 1. The normalized spacial score (nSPS) is 10.6. The number of rotatable bonds is 7. The second-order valence-corrected chi connectivity index (χ2v) is 5.09. The zero-order valence-electron chi connectivity index (χ0n) is 14.2. The van der Waals surface area contributed by atoms with E-state index in [1.807, 2.05) is 45.0 Å². The van der Waals surface area contributed by atoms with Gasteiger partial charge in [-0.3, -0.25) is 9.78 Å². The van der Waals surface area contributed by atoms with Gasteiger partial charge in [0, 0.05) is 12.3 Å². The van der Waals surface area contributed by atoms with Crippen molar-refractivity contribution < 1.29 is 14.3 Å². The molecular formula is C19H22N2O3. The summed E-state index contributed by atoms with van der Waals surface area (Å²) in [7, 11) is 0. The van der Waals surface area contributed by atoms with Gasteiger partial charge in [-0.15, -0.1) is 0 Å². The molecule has 2 aromatic rings. The third-order valence-electron chi connectivity index (χ3n) is 3.29. The van der Waals surface area contributed by atoms with Crippen molar-refractivity contribution in [2.45, 2.75) is 20.8 Å². The van der Waals surface area contributed by atoms with Crippen LogP contribution in [0, 0.1) is 6.92 Å². The first-order valence-corrected chi connectivity index (χ1v) is 7.93. The topological polar surface area (TPSA) is 60.5 Å². The fourth-order valence-corrected chi connectivity index (χ4v) is 2.11. The van der Waals surface area contributed by atoms with Crippen LogP contribution in [0.2, 0.25) is 0 Å². The predicted molar refractivity (Wildman–Crippen MR) is 95.4 cm³/mol. The Kier molecular flexibility index (Phi) is 6.37. The first-order chi connectivity index (χ1) is 11.6. The van der Waals surface area contributed by atoms with Crippen molar-refractivity contribution in [1.82, 2.24) is 4.98 Å². The Morgan fingerprint density at radius 3 is 2.62 bits per heavy atom. The van der Waals surface area contributed by atoms with Gasteiger partial charge < -0.3 is 14.8 Å². The summed E-state index contributed by atoms with van der Waals surface area (Å²) < 4.78 is 11.1. The minimum Gasteiger partial charge on any atom is -0.490 e. The molecule has 24 heavy (non-hydrogen) atoms. The van der Waals surface area contributed by atoms with Crippen LogP contribution in [0.15, 0.2) is 42.7 Å². The Hall–Kier alpha value is -2.82. The van der Waals surface area contributed by atoms with Gasteiger partial charge in [-0.1, -0.05) is 6.07 Å². The number of aryl methyl sites for hydroxylation is 1. The van der Waals surface area contributed by atoms with Crippen LogP contribution < -0.4 is 14.8 Å². The second kappa shape index (κ2) is 8.72. The summed E-state index contributed by atoms with van der Waals surface area (Å²) in [6.07, 6.45) is 6.54. The van der Waals surface area contributed by atoms with Gasteiger partial charge in [-0.2, -0.15) is 0 Å². The maximum atomic E-state index is 12.0. The molecule has 1 N–H and O–H groups in total. The van der Waals surface area contributed by atoms with E-state index in [1.54, 1.807) is 18.5 Å². The molecule has 0 saturated carbocycles. The molecule has 0 fully saturated rings. The molecule has 0 radical (unpaired) electrons. The fourth-order valence-electron chi connectivity index (χ4n) is 2.11. The molecule has 0 aliphatic heterocycles. The van der Waals surface area contributed by atoms with Gasteiger partial charge in [-0.25, -0.2) is 0 Å². The molecule has 0 bridgehead atoms. The van der Waals surface area contributed by atoms with Gasteiger partial charge >= 0.3 is 0 Å². The number of aromatic nitrogens is 1. The monoisotopic (exact) mass is 326 g/mol. The third kappa shape index (κ3) is 4.84. The first-order valence-electron chi connectivity index (χ1n) is 7.93. The SMILES string of the molecule is CCOc1ccc(/C=C/C(=O)Nc2cnccc2C)cc1OCC. The highest BCUT2D eigenvalue weighted by atomic mass is 16.5. The van der Waals surface area contributed by atoms with E-state index in [0.29, 0.717) is 30.4 Å². The van der Waals surface area contributed by atoms with Crippen LogP contribution in [0.3, 0.4) is 0 Å². The van der Waals surface area contributed by atoms with E-state index in [9.17, 15) is 4.79 Å². The molecule has 1 aromatic carbocycles. The summed E-state index contributed by atoms with van der Waals surface area (Å²) in [5.74, 6) is 1.16. The highest BCUT2D eigenvalue weighted by molar-refractivity contribution is 6.02. The van der Waals surface area contributed by atoms with Crippen LogP contribution in [-0.4, -0.2) is 24.1 Å². The molecule has 0 aliphatic rings. The van der Waals surface area contributed by atoms with E-state index in [1.165, 1.54) is 6.08 Å². The van der Waals surface area contributed by atoms with Gasteiger partial charge in [0.2, 0.25) is 5.91 Å². The van der Waals surface area contributed by atoms with E-state index in [-0.39, 0.29) is 5.91 Å². The van der Waals surface area contributed by atoms with Gasteiger partial charge in [0.05, 0.1) is 25.1 Å². The molecule has 5 heteroatoms. The largest absolute Gasteiger partial charge is 0.490 e. The number of ether oxygens (including phenoxy) is 2. The lowest BCUT2D eigenvalue weighted by Gasteiger charge is -2.11. The average molecular weight is 326 g/mol. The zero-order valence-corrected chi connectivity index (χ0v) is 14.2. The lowest BCUT2D eigenvalue weighted by molar-refractivity contribution is -0.111. The maximum absolute atomic E-state index is 12.0. The zero-order chi connectivity index (χ0) is 17.4. The molecule has 1 heterocycles. The van der Waals surface area contributed by atoms with Crippen LogP contribution in [0.1, 0.15) is 25.0 Å². The predicted octanol–water partition coefficient (Wildman–Crippen LogP) is 3.84. The minimum absolute atomic E-state index is 0.210. The second-order valence-electron chi connectivity index (χ2n) is 5.09. The molecule has 1 aromatic heterocycles. The van der Waals surface area contributed by atoms with Crippen LogP contribution in [0.5, 0.6) is 11.5 Å².